The third-order valence-electron chi connectivity index (χ3n) is 4.18. The maximum absolute atomic E-state index is 12.2. The Morgan fingerprint density at radius 3 is 2.46 bits per heavy atom. The average Bonchev–Trinajstić information content (AvgIpc) is 3.13. The summed E-state index contributed by atoms with van der Waals surface area (Å²) >= 11 is 0. The van der Waals surface area contributed by atoms with E-state index in [0.29, 0.717) is 16.4 Å². The molecule has 1 atom stereocenters. The van der Waals surface area contributed by atoms with Crippen LogP contribution >= 0.6 is 0 Å². The Kier molecular flexibility index (Phi) is 4.54. The molecule has 1 N–H and O–H groups in total. The van der Waals surface area contributed by atoms with Crippen molar-refractivity contribution in [1.29, 1.82) is 0 Å². The molecule has 2 aliphatic rings. The molecule has 0 saturated carbocycles. The Balaban J connectivity index is 1.64. The van der Waals surface area contributed by atoms with E-state index in [1.165, 1.54) is 0 Å². The molecule has 2 aliphatic heterocycles. The summed E-state index contributed by atoms with van der Waals surface area (Å²) in [4.78, 5) is 49.7. The Bertz CT molecular complexity index is 791. The molecule has 1 aromatic carbocycles. The van der Waals surface area contributed by atoms with Crippen LogP contribution in [0.1, 0.15) is 32.4 Å². The van der Waals surface area contributed by atoms with E-state index in [2.05, 4.69) is 5.32 Å². The van der Waals surface area contributed by atoms with Gasteiger partial charge in [-0.1, -0.05) is 6.07 Å². The standard InChI is InChI=1S/C17H19N3O6/c1-9(2)20-16(23)15(22)19(17(20)24)7-14(21)18-10(3)11-4-5-12-13(6-11)26-8-25-12/h4-6,9-10H,7-8H2,1-3H3,(H,18,21)/t10-/m0/s1. The van der Waals surface area contributed by atoms with Gasteiger partial charge in [0.15, 0.2) is 11.5 Å². The summed E-state index contributed by atoms with van der Waals surface area (Å²) < 4.78 is 10.5. The summed E-state index contributed by atoms with van der Waals surface area (Å²) in [6.45, 7) is 4.64. The van der Waals surface area contributed by atoms with Crippen LogP contribution in [0.2, 0.25) is 0 Å². The second-order valence-electron chi connectivity index (χ2n) is 6.34. The zero-order chi connectivity index (χ0) is 19.0. The van der Waals surface area contributed by atoms with E-state index < -0.39 is 36.3 Å². The van der Waals surface area contributed by atoms with Crippen LogP contribution < -0.4 is 14.8 Å². The SMILES string of the molecule is CC(C)N1C(=O)C(=O)N(CC(=O)N[C@@H](C)c2ccc3c(c2)OCO3)C1=O. The molecular weight excluding hydrogens is 342 g/mol. The number of ether oxygens (including phenoxy) is 2. The average molecular weight is 361 g/mol. The number of fused-ring (bicyclic) bond motifs is 1. The van der Waals surface area contributed by atoms with Gasteiger partial charge in [-0.3, -0.25) is 19.3 Å². The van der Waals surface area contributed by atoms with Gasteiger partial charge in [-0.15, -0.1) is 0 Å². The second kappa shape index (κ2) is 6.66. The van der Waals surface area contributed by atoms with E-state index in [0.717, 1.165) is 10.5 Å². The van der Waals surface area contributed by atoms with Crippen molar-refractivity contribution >= 4 is 23.8 Å². The number of nitrogens with zero attached hydrogens (tertiary/aromatic N) is 2. The Morgan fingerprint density at radius 2 is 1.81 bits per heavy atom. The van der Waals surface area contributed by atoms with Crippen molar-refractivity contribution in [1.82, 2.24) is 15.1 Å². The van der Waals surface area contributed by atoms with Crippen LogP contribution in [0, 0.1) is 0 Å². The third kappa shape index (κ3) is 3.07. The lowest BCUT2D eigenvalue weighted by atomic mass is 10.1. The van der Waals surface area contributed by atoms with Crippen molar-refractivity contribution in [3.8, 4) is 11.5 Å². The van der Waals surface area contributed by atoms with Crippen molar-refractivity contribution in [2.75, 3.05) is 13.3 Å². The van der Waals surface area contributed by atoms with E-state index in [1.807, 2.05) is 0 Å². The van der Waals surface area contributed by atoms with Crippen molar-refractivity contribution in [2.45, 2.75) is 32.9 Å². The van der Waals surface area contributed by atoms with Gasteiger partial charge in [0.1, 0.15) is 6.54 Å². The summed E-state index contributed by atoms with van der Waals surface area (Å²) in [5.74, 6) is -1.23. The predicted molar refractivity (Wildman–Crippen MR) is 88.2 cm³/mol. The molecule has 2 heterocycles. The topological polar surface area (TPSA) is 105 Å². The van der Waals surface area contributed by atoms with Crippen molar-refractivity contribution < 1.29 is 28.7 Å². The maximum atomic E-state index is 12.2. The van der Waals surface area contributed by atoms with Gasteiger partial charge >= 0.3 is 17.8 Å². The number of carbonyl (C=O) groups is 4. The van der Waals surface area contributed by atoms with Gasteiger partial charge in [-0.25, -0.2) is 9.69 Å². The summed E-state index contributed by atoms with van der Waals surface area (Å²) in [6, 6.07) is 3.66. The van der Waals surface area contributed by atoms with Crippen LogP contribution in [0.4, 0.5) is 4.79 Å². The first-order valence-corrected chi connectivity index (χ1v) is 8.17. The number of amides is 5. The van der Waals surface area contributed by atoms with E-state index in [9.17, 15) is 19.2 Å². The maximum Gasteiger partial charge on any atom is 0.334 e. The first kappa shape index (κ1) is 17.7. The van der Waals surface area contributed by atoms with Gasteiger partial charge in [0.25, 0.3) is 0 Å². The highest BCUT2D eigenvalue weighted by Gasteiger charge is 2.46. The molecule has 1 saturated heterocycles. The number of benzene rings is 1. The molecule has 3 rings (SSSR count). The zero-order valence-electron chi connectivity index (χ0n) is 14.6. The van der Waals surface area contributed by atoms with E-state index in [1.54, 1.807) is 39.0 Å². The summed E-state index contributed by atoms with van der Waals surface area (Å²) in [5.41, 5.74) is 0.779. The molecule has 0 aromatic heterocycles. The Morgan fingerprint density at radius 1 is 1.12 bits per heavy atom. The highest BCUT2D eigenvalue weighted by molar-refractivity contribution is 6.45. The van der Waals surface area contributed by atoms with Crippen molar-refractivity contribution in [2.24, 2.45) is 0 Å². The molecule has 1 aromatic rings. The fourth-order valence-electron chi connectivity index (χ4n) is 2.81. The Labute approximate surface area is 149 Å². The molecule has 0 unspecified atom stereocenters. The summed E-state index contributed by atoms with van der Waals surface area (Å²) in [6.07, 6.45) is 0. The first-order valence-electron chi connectivity index (χ1n) is 8.17. The summed E-state index contributed by atoms with van der Waals surface area (Å²) in [7, 11) is 0. The quantitative estimate of drug-likeness (QED) is 0.614. The number of urea groups is 1. The second-order valence-corrected chi connectivity index (χ2v) is 6.34. The lowest BCUT2D eigenvalue weighted by molar-refractivity contribution is -0.144. The molecule has 1 fully saturated rings. The molecule has 9 nitrogen and oxygen atoms in total. The minimum Gasteiger partial charge on any atom is -0.454 e. The highest BCUT2D eigenvalue weighted by Crippen LogP contribution is 2.34. The van der Waals surface area contributed by atoms with Crippen molar-refractivity contribution in [3.05, 3.63) is 23.8 Å². The largest absolute Gasteiger partial charge is 0.454 e. The molecule has 5 amide bonds. The van der Waals surface area contributed by atoms with Gasteiger partial charge in [0, 0.05) is 6.04 Å². The molecule has 0 bridgehead atoms. The fourth-order valence-corrected chi connectivity index (χ4v) is 2.81. The number of hydrogen-bond acceptors (Lipinski definition) is 6. The molecule has 26 heavy (non-hydrogen) atoms. The van der Waals surface area contributed by atoms with Gasteiger partial charge in [-0.2, -0.15) is 0 Å². The molecule has 0 spiro atoms. The lowest BCUT2D eigenvalue weighted by Gasteiger charge is -2.19. The fraction of sp³-hybridized carbons (Fsp3) is 0.412. The first-order chi connectivity index (χ1) is 12.3. The lowest BCUT2D eigenvalue weighted by Crippen LogP contribution is -2.43. The molecule has 9 heteroatoms. The monoisotopic (exact) mass is 361 g/mol. The van der Waals surface area contributed by atoms with Gasteiger partial charge in [0.05, 0.1) is 6.04 Å². The van der Waals surface area contributed by atoms with Crippen LogP contribution in [0.3, 0.4) is 0 Å². The number of carbonyl (C=O) groups excluding carboxylic acids is 4. The zero-order valence-corrected chi connectivity index (χ0v) is 14.6. The molecule has 138 valence electrons. The van der Waals surface area contributed by atoms with Gasteiger partial charge in [0.2, 0.25) is 12.7 Å². The Hall–Kier alpha value is -3.10. The summed E-state index contributed by atoms with van der Waals surface area (Å²) in [5, 5.41) is 2.70. The minimum absolute atomic E-state index is 0.152. The smallest absolute Gasteiger partial charge is 0.334 e. The number of nitrogens with one attached hydrogen (secondary N) is 1. The van der Waals surface area contributed by atoms with Crippen LogP contribution in [-0.2, 0) is 14.4 Å². The van der Waals surface area contributed by atoms with E-state index in [-0.39, 0.29) is 12.8 Å². The van der Waals surface area contributed by atoms with E-state index >= 15 is 0 Å². The van der Waals surface area contributed by atoms with Crippen LogP contribution in [0.25, 0.3) is 0 Å². The molecule has 0 radical (unpaired) electrons. The van der Waals surface area contributed by atoms with Crippen LogP contribution in [0.15, 0.2) is 18.2 Å². The molecule has 0 aliphatic carbocycles. The number of hydrogen-bond donors (Lipinski definition) is 1. The van der Waals surface area contributed by atoms with Gasteiger partial charge in [-0.05, 0) is 38.5 Å². The van der Waals surface area contributed by atoms with Crippen molar-refractivity contribution in [3.63, 3.8) is 0 Å². The van der Waals surface area contributed by atoms with Crippen LogP contribution in [-0.4, -0.2) is 52.9 Å². The highest BCUT2D eigenvalue weighted by atomic mass is 16.7. The third-order valence-corrected chi connectivity index (χ3v) is 4.18. The van der Waals surface area contributed by atoms with Gasteiger partial charge < -0.3 is 14.8 Å². The van der Waals surface area contributed by atoms with Crippen LogP contribution in [0.5, 0.6) is 11.5 Å². The normalized spacial score (nSPS) is 17.3. The number of imide groups is 2. The number of rotatable bonds is 5. The minimum atomic E-state index is -0.991. The predicted octanol–water partition coefficient (Wildman–Crippen LogP) is 0.792. The molecular formula is C17H19N3O6. The van der Waals surface area contributed by atoms with E-state index in [4.69, 9.17) is 9.47 Å².